The lowest BCUT2D eigenvalue weighted by atomic mass is 10.1. The van der Waals surface area contributed by atoms with Gasteiger partial charge in [-0.1, -0.05) is 41.9 Å². The number of halogens is 1. The number of hydrogen-bond acceptors (Lipinski definition) is 8. The quantitative estimate of drug-likeness (QED) is 0.279. The Bertz CT molecular complexity index is 1260. The highest BCUT2D eigenvalue weighted by molar-refractivity contribution is 7.91. The SMILES string of the molecule is COc1ccc(S(=O)(=O)CNCC=CC(=O)CNCc2ccc(C3=NCCN3C(=O)O)cc2)c(Cl)c1. The lowest BCUT2D eigenvalue weighted by Crippen LogP contribution is -2.33. The molecule has 0 unspecified atom stereocenters. The van der Waals surface area contributed by atoms with Crippen LogP contribution < -0.4 is 15.4 Å². The Morgan fingerprint density at radius 2 is 1.94 bits per heavy atom. The number of ether oxygens (including phenoxy) is 1. The van der Waals surface area contributed by atoms with E-state index in [0.29, 0.717) is 31.2 Å². The third kappa shape index (κ3) is 7.37. The number of carboxylic acid groups (broad SMARTS) is 1. The van der Waals surface area contributed by atoms with Crippen LogP contribution in [0, 0.1) is 0 Å². The summed E-state index contributed by atoms with van der Waals surface area (Å²) in [5.41, 5.74) is 1.65. The average molecular weight is 535 g/mol. The molecular formula is C24H27ClN4O6S. The summed E-state index contributed by atoms with van der Waals surface area (Å²) in [6.07, 6.45) is 1.91. The van der Waals surface area contributed by atoms with Crippen LogP contribution in [0.25, 0.3) is 0 Å². The lowest BCUT2D eigenvalue weighted by molar-refractivity contribution is -0.113. The second-order valence-corrected chi connectivity index (χ2v) is 10.2. The maximum Gasteiger partial charge on any atom is 0.413 e. The van der Waals surface area contributed by atoms with Crippen LogP contribution in [-0.2, 0) is 21.2 Å². The molecule has 1 aliphatic heterocycles. The molecule has 3 rings (SSSR count). The van der Waals surface area contributed by atoms with Crippen molar-refractivity contribution in [1.82, 2.24) is 15.5 Å². The first-order valence-electron chi connectivity index (χ1n) is 11.0. The molecule has 0 atom stereocenters. The average Bonchev–Trinajstić information content (AvgIpc) is 3.34. The largest absolute Gasteiger partial charge is 0.497 e. The lowest BCUT2D eigenvalue weighted by Gasteiger charge is -2.14. The molecule has 10 nitrogen and oxygen atoms in total. The van der Waals surface area contributed by atoms with Crippen molar-refractivity contribution in [3.63, 3.8) is 0 Å². The zero-order valence-corrected chi connectivity index (χ0v) is 21.2. The molecule has 0 aromatic heterocycles. The van der Waals surface area contributed by atoms with Crippen molar-refractivity contribution in [2.45, 2.75) is 11.4 Å². The predicted molar refractivity (Wildman–Crippen MR) is 136 cm³/mol. The van der Waals surface area contributed by atoms with E-state index in [9.17, 15) is 23.1 Å². The van der Waals surface area contributed by atoms with E-state index >= 15 is 0 Å². The van der Waals surface area contributed by atoms with E-state index in [-0.39, 0.29) is 34.7 Å². The van der Waals surface area contributed by atoms with E-state index in [0.717, 1.165) is 11.1 Å². The number of nitrogens with one attached hydrogen (secondary N) is 2. The van der Waals surface area contributed by atoms with E-state index in [2.05, 4.69) is 15.6 Å². The first-order valence-corrected chi connectivity index (χ1v) is 13.1. The number of hydrogen-bond donors (Lipinski definition) is 3. The van der Waals surface area contributed by atoms with Gasteiger partial charge >= 0.3 is 6.09 Å². The van der Waals surface area contributed by atoms with Gasteiger partial charge in [0.2, 0.25) is 0 Å². The van der Waals surface area contributed by atoms with Gasteiger partial charge in [0.05, 0.1) is 36.7 Å². The second kappa shape index (κ2) is 12.6. The Hall–Kier alpha value is -3.25. The highest BCUT2D eigenvalue weighted by atomic mass is 35.5. The van der Waals surface area contributed by atoms with Gasteiger partial charge in [0.15, 0.2) is 15.6 Å². The summed E-state index contributed by atoms with van der Waals surface area (Å²) in [5, 5.41) is 15.1. The molecule has 1 amide bonds. The molecule has 0 bridgehead atoms. The molecule has 36 heavy (non-hydrogen) atoms. The van der Waals surface area contributed by atoms with Crippen LogP contribution in [0.3, 0.4) is 0 Å². The van der Waals surface area contributed by atoms with Crippen LogP contribution in [0.1, 0.15) is 11.1 Å². The Morgan fingerprint density at radius 1 is 1.19 bits per heavy atom. The molecular weight excluding hydrogens is 508 g/mol. The number of methoxy groups -OCH3 is 1. The smallest absolute Gasteiger partial charge is 0.413 e. The fourth-order valence-electron chi connectivity index (χ4n) is 3.45. The predicted octanol–water partition coefficient (Wildman–Crippen LogP) is 2.32. The zero-order valence-electron chi connectivity index (χ0n) is 19.6. The Morgan fingerprint density at radius 3 is 2.61 bits per heavy atom. The number of benzene rings is 2. The second-order valence-electron chi connectivity index (χ2n) is 7.82. The monoisotopic (exact) mass is 534 g/mol. The Labute approximate surface area is 214 Å². The summed E-state index contributed by atoms with van der Waals surface area (Å²) in [7, 11) is -2.18. The van der Waals surface area contributed by atoms with Gasteiger partial charge in [0.25, 0.3) is 0 Å². The molecule has 2 aromatic rings. The number of amides is 1. The molecule has 0 aliphatic carbocycles. The Balaban J connectivity index is 1.38. The molecule has 0 saturated carbocycles. The number of ketones is 1. The molecule has 1 aliphatic rings. The highest BCUT2D eigenvalue weighted by Crippen LogP contribution is 2.26. The summed E-state index contributed by atoms with van der Waals surface area (Å²) < 4.78 is 29.9. The number of carbonyl (C=O) groups is 2. The van der Waals surface area contributed by atoms with Gasteiger partial charge in [-0.15, -0.1) is 0 Å². The van der Waals surface area contributed by atoms with Crippen molar-refractivity contribution < 1.29 is 27.9 Å². The molecule has 0 saturated heterocycles. The number of nitrogens with zero attached hydrogens (tertiary/aromatic N) is 2. The fourth-order valence-corrected chi connectivity index (χ4v) is 5.14. The highest BCUT2D eigenvalue weighted by Gasteiger charge is 2.24. The van der Waals surface area contributed by atoms with Gasteiger partial charge in [-0.2, -0.15) is 0 Å². The van der Waals surface area contributed by atoms with Crippen molar-refractivity contribution in [2.75, 3.05) is 39.2 Å². The maximum absolute atomic E-state index is 12.4. The van der Waals surface area contributed by atoms with Crippen molar-refractivity contribution in [3.05, 3.63) is 70.8 Å². The van der Waals surface area contributed by atoms with Crippen LogP contribution in [0.15, 0.2) is 64.5 Å². The number of amidine groups is 1. The van der Waals surface area contributed by atoms with E-state index in [1.807, 2.05) is 12.1 Å². The van der Waals surface area contributed by atoms with E-state index in [1.165, 1.54) is 36.3 Å². The van der Waals surface area contributed by atoms with Gasteiger partial charge < -0.3 is 15.2 Å². The van der Waals surface area contributed by atoms with Crippen LogP contribution in [-0.4, -0.2) is 75.3 Å². The third-order valence-corrected chi connectivity index (χ3v) is 7.28. The normalized spacial score (nSPS) is 13.7. The van der Waals surface area contributed by atoms with Gasteiger partial charge in [-0.05, 0) is 23.8 Å². The standard InChI is InChI=1S/C24H27ClN4O6S/c1-35-20-8-9-22(21(25)13-20)36(33,34)16-26-10-2-3-19(30)15-27-14-17-4-6-18(7-5-17)23-28-11-12-29(23)24(31)32/h2-9,13,26-27H,10-12,14-16H2,1H3,(H,31,32). The van der Waals surface area contributed by atoms with Gasteiger partial charge in [-0.25, -0.2) is 13.2 Å². The maximum atomic E-state index is 12.4. The minimum absolute atomic E-state index is 0.00481. The van der Waals surface area contributed by atoms with E-state index in [1.54, 1.807) is 18.2 Å². The van der Waals surface area contributed by atoms with E-state index < -0.39 is 15.9 Å². The molecule has 0 spiro atoms. The Kier molecular flexibility index (Phi) is 9.59. The summed E-state index contributed by atoms with van der Waals surface area (Å²) in [6, 6.07) is 11.7. The van der Waals surface area contributed by atoms with Crippen LogP contribution >= 0.6 is 11.6 Å². The van der Waals surface area contributed by atoms with Crippen molar-refractivity contribution in [1.29, 1.82) is 0 Å². The molecule has 2 aromatic carbocycles. The fraction of sp³-hybridized carbons (Fsp3) is 0.292. The molecule has 3 N–H and O–H groups in total. The molecule has 192 valence electrons. The molecule has 0 radical (unpaired) electrons. The number of sulfone groups is 1. The molecule has 12 heteroatoms. The van der Waals surface area contributed by atoms with Crippen LogP contribution in [0.2, 0.25) is 5.02 Å². The van der Waals surface area contributed by atoms with Crippen molar-refractivity contribution in [3.8, 4) is 5.75 Å². The van der Waals surface area contributed by atoms with Crippen molar-refractivity contribution in [2.24, 2.45) is 4.99 Å². The minimum atomic E-state index is -3.65. The number of rotatable bonds is 12. The summed E-state index contributed by atoms with van der Waals surface area (Å²) >= 11 is 6.04. The summed E-state index contributed by atoms with van der Waals surface area (Å²) in [6.45, 7) is 1.55. The zero-order chi connectivity index (χ0) is 26.1. The summed E-state index contributed by atoms with van der Waals surface area (Å²) in [4.78, 5) is 28.8. The first kappa shape index (κ1) is 27.3. The van der Waals surface area contributed by atoms with Gasteiger partial charge in [0.1, 0.15) is 17.5 Å². The number of aliphatic imine (C=N–C) groups is 1. The van der Waals surface area contributed by atoms with Crippen molar-refractivity contribution >= 4 is 39.2 Å². The molecule has 1 heterocycles. The third-order valence-electron chi connectivity index (χ3n) is 5.24. The first-order chi connectivity index (χ1) is 17.2. The number of carbonyl (C=O) groups excluding carboxylic acids is 1. The van der Waals surface area contributed by atoms with E-state index in [4.69, 9.17) is 16.3 Å². The van der Waals surface area contributed by atoms with Crippen LogP contribution in [0.4, 0.5) is 4.79 Å². The van der Waals surface area contributed by atoms with Crippen LogP contribution in [0.5, 0.6) is 5.75 Å². The van der Waals surface area contributed by atoms with Gasteiger partial charge in [-0.3, -0.25) is 20.0 Å². The molecule has 0 fully saturated rings. The topological polar surface area (TPSA) is 137 Å². The van der Waals surface area contributed by atoms with Gasteiger partial charge in [0, 0.05) is 24.7 Å². The minimum Gasteiger partial charge on any atom is -0.497 e. The summed E-state index contributed by atoms with van der Waals surface area (Å²) in [5.74, 6) is 0.412.